The van der Waals surface area contributed by atoms with Gasteiger partial charge in [-0.05, 0) is 37.5 Å². The Morgan fingerprint density at radius 1 is 1.46 bits per heavy atom. The summed E-state index contributed by atoms with van der Waals surface area (Å²) in [6.07, 6.45) is 1.57. The van der Waals surface area contributed by atoms with Gasteiger partial charge in [-0.1, -0.05) is 12.1 Å². The predicted octanol–water partition coefficient (Wildman–Crippen LogP) is 1.66. The van der Waals surface area contributed by atoms with Crippen LogP contribution in [0.5, 0.6) is 0 Å². The first kappa shape index (κ1) is 20.4. The maximum absolute atomic E-state index is 13.3. The Labute approximate surface area is 148 Å². The Balaban J connectivity index is 0.00000288. The first-order valence-corrected chi connectivity index (χ1v) is 8.05. The van der Waals surface area contributed by atoms with E-state index in [1.807, 2.05) is 0 Å². The van der Waals surface area contributed by atoms with Crippen molar-refractivity contribution >= 4 is 24.2 Å². The zero-order chi connectivity index (χ0) is 16.8. The zero-order valence-electron chi connectivity index (χ0n) is 13.8. The van der Waals surface area contributed by atoms with Crippen molar-refractivity contribution in [2.75, 3.05) is 26.2 Å². The van der Waals surface area contributed by atoms with Gasteiger partial charge in [0, 0.05) is 26.2 Å². The number of rotatable bonds is 5. The van der Waals surface area contributed by atoms with E-state index in [2.05, 4.69) is 5.32 Å². The van der Waals surface area contributed by atoms with Gasteiger partial charge in [0.1, 0.15) is 5.82 Å². The van der Waals surface area contributed by atoms with E-state index in [4.69, 9.17) is 5.73 Å². The molecule has 2 unspecified atom stereocenters. The van der Waals surface area contributed by atoms with Crippen molar-refractivity contribution < 1.29 is 14.0 Å². The number of nitrogens with zero attached hydrogens (tertiary/aromatic N) is 1. The van der Waals surface area contributed by atoms with Crippen molar-refractivity contribution in [3.05, 3.63) is 35.6 Å². The van der Waals surface area contributed by atoms with Crippen LogP contribution in [-0.2, 0) is 9.59 Å². The Hall–Kier alpha value is -1.66. The molecule has 134 valence electrons. The van der Waals surface area contributed by atoms with E-state index in [9.17, 15) is 14.0 Å². The highest BCUT2D eigenvalue weighted by Crippen LogP contribution is 2.23. The highest BCUT2D eigenvalue weighted by atomic mass is 35.5. The summed E-state index contributed by atoms with van der Waals surface area (Å²) < 4.78 is 13.3. The second-order valence-electron chi connectivity index (χ2n) is 5.98. The molecule has 0 aliphatic carbocycles. The SMILES string of the molecule is CC(C(=O)N1CCCC(C(=O)NCCN)C1)c1cccc(F)c1.Cl. The minimum absolute atomic E-state index is 0. The van der Waals surface area contributed by atoms with Crippen LogP contribution < -0.4 is 11.1 Å². The molecule has 24 heavy (non-hydrogen) atoms. The molecule has 1 aromatic carbocycles. The number of nitrogens with one attached hydrogen (secondary N) is 1. The average Bonchev–Trinajstić information content (AvgIpc) is 2.58. The lowest BCUT2D eigenvalue weighted by atomic mass is 9.94. The molecule has 1 saturated heterocycles. The Morgan fingerprint density at radius 2 is 2.21 bits per heavy atom. The monoisotopic (exact) mass is 357 g/mol. The van der Waals surface area contributed by atoms with Crippen LogP contribution in [0.2, 0.25) is 0 Å². The van der Waals surface area contributed by atoms with Crippen LogP contribution in [0.15, 0.2) is 24.3 Å². The van der Waals surface area contributed by atoms with Gasteiger partial charge in [-0.2, -0.15) is 0 Å². The van der Waals surface area contributed by atoms with E-state index in [1.54, 1.807) is 24.0 Å². The second-order valence-corrected chi connectivity index (χ2v) is 5.98. The summed E-state index contributed by atoms with van der Waals surface area (Å²) in [5.74, 6) is -1.08. The van der Waals surface area contributed by atoms with E-state index < -0.39 is 5.92 Å². The van der Waals surface area contributed by atoms with E-state index >= 15 is 0 Å². The molecular weight excluding hydrogens is 333 g/mol. The lowest BCUT2D eigenvalue weighted by Gasteiger charge is -2.33. The summed E-state index contributed by atoms with van der Waals surface area (Å²) in [7, 11) is 0. The van der Waals surface area contributed by atoms with Crippen LogP contribution in [0.25, 0.3) is 0 Å². The van der Waals surface area contributed by atoms with E-state index in [0.717, 1.165) is 12.8 Å². The molecule has 1 aliphatic rings. The van der Waals surface area contributed by atoms with E-state index in [1.165, 1.54) is 12.1 Å². The van der Waals surface area contributed by atoms with Crippen molar-refractivity contribution in [2.45, 2.75) is 25.7 Å². The molecule has 7 heteroatoms. The molecule has 0 aromatic heterocycles. The molecule has 2 rings (SSSR count). The summed E-state index contributed by atoms with van der Waals surface area (Å²) >= 11 is 0. The van der Waals surface area contributed by atoms with Crippen LogP contribution in [0.1, 0.15) is 31.2 Å². The molecule has 0 bridgehead atoms. The smallest absolute Gasteiger partial charge is 0.229 e. The van der Waals surface area contributed by atoms with Gasteiger partial charge in [0.15, 0.2) is 0 Å². The fourth-order valence-corrected chi connectivity index (χ4v) is 2.92. The fraction of sp³-hybridized carbons (Fsp3) is 0.529. The third kappa shape index (κ3) is 5.18. The Bertz CT molecular complexity index is 571. The number of halogens is 2. The van der Waals surface area contributed by atoms with Gasteiger partial charge >= 0.3 is 0 Å². The van der Waals surface area contributed by atoms with Gasteiger partial charge in [0.25, 0.3) is 0 Å². The summed E-state index contributed by atoms with van der Waals surface area (Å²) in [5, 5.41) is 2.78. The molecule has 1 fully saturated rings. The first-order valence-electron chi connectivity index (χ1n) is 8.05. The number of hydrogen-bond donors (Lipinski definition) is 2. The average molecular weight is 358 g/mol. The van der Waals surface area contributed by atoms with Gasteiger partial charge in [0.2, 0.25) is 11.8 Å². The summed E-state index contributed by atoms with van der Waals surface area (Å²) in [4.78, 5) is 26.4. The lowest BCUT2D eigenvalue weighted by molar-refractivity contribution is -0.136. The predicted molar refractivity (Wildman–Crippen MR) is 93.4 cm³/mol. The summed E-state index contributed by atoms with van der Waals surface area (Å²) in [6, 6.07) is 6.10. The third-order valence-corrected chi connectivity index (χ3v) is 4.27. The lowest BCUT2D eigenvalue weighted by Crippen LogP contribution is -2.47. The molecule has 0 radical (unpaired) electrons. The molecule has 2 amide bonds. The molecule has 5 nitrogen and oxygen atoms in total. The summed E-state index contributed by atoms with van der Waals surface area (Å²) in [5.41, 5.74) is 6.05. The van der Waals surface area contributed by atoms with Gasteiger partial charge < -0.3 is 16.0 Å². The number of carbonyl (C=O) groups excluding carboxylic acids is 2. The largest absolute Gasteiger partial charge is 0.355 e. The van der Waals surface area contributed by atoms with Crippen molar-refractivity contribution in [2.24, 2.45) is 11.7 Å². The van der Waals surface area contributed by atoms with E-state index in [0.29, 0.717) is 31.7 Å². The minimum Gasteiger partial charge on any atom is -0.355 e. The number of benzene rings is 1. The van der Waals surface area contributed by atoms with Gasteiger partial charge in [-0.15, -0.1) is 12.4 Å². The van der Waals surface area contributed by atoms with Crippen LogP contribution in [0.3, 0.4) is 0 Å². The normalized spacial score (nSPS) is 18.5. The molecule has 0 saturated carbocycles. The van der Waals surface area contributed by atoms with Gasteiger partial charge in [-0.3, -0.25) is 9.59 Å². The number of piperidine rings is 1. The number of nitrogens with two attached hydrogens (primary N) is 1. The number of amides is 2. The van der Waals surface area contributed by atoms with E-state index in [-0.39, 0.29) is 36.0 Å². The number of likely N-dealkylation sites (tertiary alicyclic amines) is 1. The molecule has 1 aliphatic heterocycles. The Morgan fingerprint density at radius 3 is 2.88 bits per heavy atom. The third-order valence-electron chi connectivity index (χ3n) is 4.27. The minimum atomic E-state index is -0.420. The van der Waals surface area contributed by atoms with Crippen molar-refractivity contribution in [3.63, 3.8) is 0 Å². The molecule has 3 N–H and O–H groups in total. The fourth-order valence-electron chi connectivity index (χ4n) is 2.92. The van der Waals surface area contributed by atoms with Crippen molar-refractivity contribution in [1.29, 1.82) is 0 Å². The Kier molecular flexibility index (Phi) is 8.15. The molecular formula is C17H25ClFN3O2. The zero-order valence-corrected chi connectivity index (χ0v) is 14.7. The molecule has 2 atom stereocenters. The van der Waals surface area contributed by atoms with Crippen molar-refractivity contribution in [3.8, 4) is 0 Å². The first-order chi connectivity index (χ1) is 11.0. The summed E-state index contributed by atoms with van der Waals surface area (Å²) in [6.45, 7) is 3.67. The molecule has 0 spiro atoms. The number of hydrogen-bond acceptors (Lipinski definition) is 3. The van der Waals surface area contributed by atoms with Crippen LogP contribution >= 0.6 is 12.4 Å². The quantitative estimate of drug-likeness (QED) is 0.841. The molecule has 1 aromatic rings. The number of carbonyl (C=O) groups is 2. The van der Waals surface area contributed by atoms with Crippen LogP contribution in [-0.4, -0.2) is 42.9 Å². The molecule has 1 heterocycles. The second kappa shape index (κ2) is 9.59. The standard InChI is InChI=1S/C17H24FN3O2.ClH/c1-12(13-4-2-6-15(18)10-13)17(23)21-9-3-5-14(11-21)16(22)20-8-7-19;/h2,4,6,10,12,14H,3,5,7-9,11,19H2,1H3,(H,20,22);1H. The van der Waals surface area contributed by atoms with Gasteiger partial charge in [-0.25, -0.2) is 4.39 Å². The van der Waals surface area contributed by atoms with Crippen LogP contribution in [0, 0.1) is 11.7 Å². The maximum atomic E-state index is 13.3. The van der Waals surface area contributed by atoms with Crippen molar-refractivity contribution in [1.82, 2.24) is 10.2 Å². The maximum Gasteiger partial charge on any atom is 0.229 e. The highest BCUT2D eigenvalue weighted by molar-refractivity contribution is 5.85. The van der Waals surface area contributed by atoms with Gasteiger partial charge in [0.05, 0.1) is 11.8 Å². The topological polar surface area (TPSA) is 75.4 Å². The van der Waals surface area contributed by atoms with Crippen LogP contribution in [0.4, 0.5) is 4.39 Å². The highest BCUT2D eigenvalue weighted by Gasteiger charge is 2.30.